The molecule has 0 aliphatic heterocycles. The predicted octanol–water partition coefficient (Wildman–Crippen LogP) is 1.01. The van der Waals surface area contributed by atoms with Crippen molar-refractivity contribution in [2.75, 3.05) is 0 Å². The van der Waals surface area contributed by atoms with Gasteiger partial charge in [-0.25, -0.2) is 8.42 Å². The van der Waals surface area contributed by atoms with Gasteiger partial charge < -0.3 is 5.73 Å². The highest BCUT2D eigenvalue weighted by molar-refractivity contribution is 7.91. The van der Waals surface area contributed by atoms with Crippen molar-refractivity contribution in [1.29, 1.82) is 0 Å². The van der Waals surface area contributed by atoms with E-state index in [-0.39, 0.29) is 15.4 Å². The summed E-state index contributed by atoms with van der Waals surface area (Å²) in [5, 5.41) is 0. The minimum atomic E-state index is -3.78. The molecule has 18 heavy (non-hydrogen) atoms. The van der Waals surface area contributed by atoms with Gasteiger partial charge >= 0.3 is 0 Å². The molecule has 0 spiro atoms. The van der Waals surface area contributed by atoms with Crippen LogP contribution in [0.2, 0.25) is 0 Å². The number of rotatable bonds is 3. The molecule has 1 heterocycles. The van der Waals surface area contributed by atoms with Gasteiger partial charge in [0.1, 0.15) is 0 Å². The van der Waals surface area contributed by atoms with Gasteiger partial charge in [0.25, 0.3) is 0 Å². The van der Waals surface area contributed by atoms with E-state index < -0.39 is 15.7 Å². The molecule has 1 amide bonds. The van der Waals surface area contributed by atoms with E-state index in [0.29, 0.717) is 0 Å². The highest BCUT2D eigenvalue weighted by atomic mass is 32.2. The molecule has 1 aromatic carbocycles. The molecule has 0 radical (unpaired) electrons. The fourth-order valence-electron chi connectivity index (χ4n) is 1.54. The average molecular weight is 262 g/mol. The molecule has 0 aliphatic carbocycles. The van der Waals surface area contributed by atoms with Crippen molar-refractivity contribution in [3.63, 3.8) is 0 Å². The fourth-order valence-corrected chi connectivity index (χ4v) is 2.96. The summed E-state index contributed by atoms with van der Waals surface area (Å²) in [7, 11) is -3.78. The quantitative estimate of drug-likeness (QED) is 0.893. The van der Waals surface area contributed by atoms with Gasteiger partial charge in [-0.3, -0.25) is 9.78 Å². The van der Waals surface area contributed by atoms with Crippen molar-refractivity contribution in [2.45, 2.75) is 9.79 Å². The molecular weight excluding hydrogens is 252 g/mol. The van der Waals surface area contributed by atoms with Crippen LogP contribution in [0.25, 0.3) is 0 Å². The maximum atomic E-state index is 12.3. The zero-order valence-electron chi connectivity index (χ0n) is 9.28. The molecule has 6 heteroatoms. The van der Waals surface area contributed by atoms with Crippen LogP contribution in [0.15, 0.2) is 58.6 Å². The number of carbonyl (C=O) groups excluding carboxylic acids is 1. The zero-order valence-corrected chi connectivity index (χ0v) is 10.1. The first-order valence-corrected chi connectivity index (χ1v) is 6.56. The second-order valence-corrected chi connectivity index (χ2v) is 5.47. The maximum absolute atomic E-state index is 12.3. The number of carbonyl (C=O) groups is 1. The Morgan fingerprint density at radius 2 is 1.83 bits per heavy atom. The first-order chi connectivity index (χ1) is 8.53. The Bertz CT molecular complexity index is 681. The number of nitrogens with two attached hydrogens (primary N) is 1. The normalized spacial score (nSPS) is 11.1. The Labute approximate surface area is 104 Å². The van der Waals surface area contributed by atoms with E-state index in [2.05, 4.69) is 4.98 Å². The largest absolute Gasteiger partial charge is 0.366 e. The van der Waals surface area contributed by atoms with Crippen LogP contribution in [0.5, 0.6) is 0 Å². The summed E-state index contributed by atoms with van der Waals surface area (Å²) in [4.78, 5) is 14.9. The first kappa shape index (κ1) is 12.3. The monoisotopic (exact) mass is 262 g/mol. The number of sulfone groups is 1. The molecule has 0 fully saturated rings. The Morgan fingerprint density at radius 3 is 2.44 bits per heavy atom. The summed E-state index contributed by atoms with van der Waals surface area (Å²) in [5.41, 5.74) is 5.14. The second kappa shape index (κ2) is 4.58. The Morgan fingerprint density at radius 1 is 1.11 bits per heavy atom. The van der Waals surface area contributed by atoms with Gasteiger partial charge in [-0.1, -0.05) is 12.1 Å². The lowest BCUT2D eigenvalue weighted by Crippen LogP contribution is -2.16. The smallest absolute Gasteiger partial charge is 0.250 e. The van der Waals surface area contributed by atoms with Crippen LogP contribution in [0.3, 0.4) is 0 Å². The zero-order chi connectivity index (χ0) is 13.2. The van der Waals surface area contributed by atoms with Gasteiger partial charge in [0, 0.05) is 12.4 Å². The van der Waals surface area contributed by atoms with Gasteiger partial charge in [0.15, 0.2) is 0 Å². The van der Waals surface area contributed by atoms with Crippen molar-refractivity contribution >= 4 is 15.7 Å². The minimum Gasteiger partial charge on any atom is -0.366 e. The van der Waals surface area contributed by atoms with E-state index in [1.54, 1.807) is 6.07 Å². The number of amides is 1. The van der Waals surface area contributed by atoms with Crippen LogP contribution < -0.4 is 5.73 Å². The molecule has 0 aliphatic rings. The van der Waals surface area contributed by atoms with Gasteiger partial charge in [0.2, 0.25) is 15.7 Å². The maximum Gasteiger partial charge on any atom is 0.250 e. The van der Waals surface area contributed by atoms with Crippen LogP contribution in [0, 0.1) is 0 Å². The molecule has 2 rings (SSSR count). The Balaban J connectivity index is 2.66. The van der Waals surface area contributed by atoms with E-state index in [0.717, 1.165) is 0 Å². The number of pyridine rings is 1. The van der Waals surface area contributed by atoms with Crippen molar-refractivity contribution in [2.24, 2.45) is 5.73 Å². The topological polar surface area (TPSA) is 90.1 Å². The molecule has 2 N–H and O–H groups in total. The number of aromatic nitrogens is 1. The van der Waals surface area contributed by atoms with E-state index >= 15 is 0 Å². The lowest BCUT2D eigenvalue weighted by Gasteiger charge is -2.07. The van der Waals surface area contributed by atoms with Gasteiger partial charge in [-0.2, -0.15) is 0 Å². The van der Waals surface area contributed by atoms with Crippen molar-refractivity contribution in [1.82, 2.24) is 4.98 Å². The van der Waals surface area contributed by atoms with E-state index in [9.17, 15) is 13.2 Å². The first-order valence-electron chi connectivity index (χ1n) is 5.07. The van der Waals surface area contributed by atoms with Crippen LogP contribution in [0.4, 0.5) is 0 Å². The van der Waals surface area contributed by atoms with Crippen LogP contribution in [0.1, 0.15) is 10.4 Å². The molecule has 92 valence electrons. The summed E-state index contributed by atoms with van der Waals surface area (Å²) in [6.45, 7) is 0. The Hall–Kier alpha value is -2.21. The second-order valence-electron chi connectivity index (χ2n) is 3.55. The number of primary amides is 1. The van der Waals surface area contributed by atoms with Gasteiger partial charge in [-0.05, 0) is 24.3 Å². The van der Waals surface area contributed by atoms with Crippen molar-refractivity contribution in [3.05, 3.63) is 54.4 Å². The molecule has 0 atom stereocenters. The predicted molar refractivity (Wildman–Crippen MR) is 64.6 cm³/mol. The number of hydrogen-bond donors (Lipinski definition) is 1. The fraction of sp³-hybridized carbons (Fsp3) is 0. The third kappa shape index (κ3) is 2.10. The molecule has 1 aromatic heterocycles. The molecule has 0 saturated carbocycles. The molecule has 5 nitrogen and oxygen atoms in total. The molecule has 0 unspecified atom stereocenters. The number of benzene rings is 1. The van der Waals surface area contributed by atoms with Crippen LogP contribution in [-0.2, 0) is 9.84 Å². The lowest BCUT2D eigenvalue weighted by molar-refractivity contribution is 0.0997. The summed E-state index contributed by atoms with van der Waals surface area (Å²) in [6.07, 6.45) is 2.70. The third-order valence-electron chi connectivity index (χ3n) is 2.39. The molecular formula is C12H10N2O3S. The average Bonchev–Trinajstić information content (AvgIpc) is 2.39. The van der Waals surface area contributed by atoms with Crippen molar-refractivity contribution < 1.29 is 13.2 Å². The Kier molecular flexibility index (Phi) is 3.12. The SMILES string of the molecule is NC(=O)c1ccccc1S(=O)(=O)c1cccnc1. The number of hydrogen-bond acceptors (Lipinski definition) is 4. The standard InChI is InChI=1S/C12H10N2O3S/c13-12(15)10-5-1-2-6-11(10)18(16,17)9-4-3-7-14-8-9/h1-8H,(H2,13,15). The van der Waals surface area contributed by atoms with E-state index in [4.69, 9.17) is 5.73 Å². The highest BCUT2D eigenvalue weighted by Gasteiger charge is 2.22. The summed E-state index contributed by atoms with van der Waals surface area (Å²) < 4.78 is 24.6. The lowest BCUT2D eigenvalue weighted by atomic mass is 10.2. The van der Waals surface area contributed by atoms with Crippen molar-refractivity contribution in [3.8, 4) is 0 Å². The molecule has 2 aromatic rings. The molecule has 0 saturated heterocycles. The third-order valence-corrected chi connectivity index (χ3v) is 4.18. The summed E-state index contributed by atoms with van der Waals surface area (Å²) >= 11 is 0. The number of nitrogens with zero attached hydrogens (tertiary/aromatic N) is 1. The molecule has 0 bridgehead atoms. The minimum absolute atomic E-state index is 0.0265. The van der Waals surface area contributed by atoms with Crippen LogP contribution >= 0.6 is 0 Å². The van der Waals surface area contributed by atoms with E-state index in [1.165, 1.54) is 42.7 Å². The summed E-state index contributed by atoms with van der Waals surface area (Å²) in [6, 6.07) is 8.76. The van der Waals surface area contributed by atoms with Gasteiger partial charge in [-0.15, -0.1) is 0 Å². The highest BCUT2D eigenvalue weighted by Crippen LogP contribution is 2.22. The summed E-state index contributed by atoms with van der Waals surface area (Å²) in [5.74, 6) is -0.780. The van der Waals surface area contributed by atoms with E-state index in [1.807, 2.05) is 0 Å². The van der Waals surface area contributed by atoms with Gasteiger partial charge in [0.05, 0.1) is 15.4 Å². The van der Waals surface area contributed by atoms with Crippen LogP contribution in [-0.4, -0.2) is 19.3 Å².